The van der Waals surface area contributed by atoms with E-state index >= 15 is 0 Å². The summed E-state index contributed by atoms with van der Waals surface area (Å²) in [6, 6.07) is 7.70. The highest BCUT2D eigenvalue weighted by Gasteiger charge is 2.26. The van der Waals surface area contributed by atoms with Crippen molar-refractivity contribution in [3.63, 3.8) is 0 Å². The molecule has 0 saturated heterocycles. The molecular weight excluding hydrogens is 331 g/mol. The molecule has 1 aliphatic rings. The molecule has 2 N–H and O–H groups in total. The first-order valence-electron chi connectivity index (χ1n) is 7.92. The van der Waals surface area contributed by atoms with Crippen molar-refractivity contribution >= 4 is 40.7 Å². The molecule has 1 heterocycles. The van der Waals surface area contributed by atoms with Gasteiger partial charge in [0.15, 0.2) is 0 Å². The Morgan fingerprint density at radius 1 is 1.22 bits per heavy atom. The minimum Gasteiger partial charge on any atom is -0.352 e. The smallest absolute Gasteiger partial charge is 0.225 e. The van der Waals surface area contributed by atoms with E-state index in [-0.39, 0.29) is 0 Å². The van der Waals surface area contributed by atoms with Gasteiger partial charge >= 0.3 is 0 Å². The highest BCUT2D eigenvalue weighted by molar-refractivity contribution is 6.36. The summed E-state index contributed by atoms with van der Waals surface area (Å²) in [7, 11) is 0. The van der Waals surface area contributed by atoms with E-state index in [1.54, 1.807) is 12.1 Å². The molecule has 122 valence electrons. The maximum atomic E-state index is 6.23. The number of hydrogen-bond acceptors (Lipinski definition) is 4. The van der Waals surface area contributed by atoms with Crippen LogP contribution in [0.15, 0.2) is 24.3 Å². The first kappa shape index (κ1) is 16.3. The molecule has 1 atom stereocenters. The van der Waals surface area contributed by atoms with E-state index in [1.165, 1.54) is 12.8 Å². The lowest BCUT2D eigenvalue weighted by Crippen LogP contribution is -2.16. The lowest BCUT2D eigenvalue weighted by molar-refractivity contribution is 0.750. The van der Waals surface area contributed by atoms with Gasteiger partial charge < -0.3 is 10.6 Å². The Bertz CT molecular complexity index is 701. The predicted molar refractivity (Wildman–Crippen MR) is 97.1 cm³/mol. The second-order valence-electron chi connectivity index (χ2n) is 5.98. The number of rotatable bonds is 6. The summed E-state index contributed by atoms with van der Waals surface area (Å²) in [6.45, 7) is 4.26. The topological polar surface area (TPSA) is 49.8 Å². The number of nitrogens with one attached hydrogen (secondary N) is 2. The Kier molecular flexibility index (Phi) is 4.93. The summed E-state index contributed by atoms with van der Waals surface area (Å²) < 4.78 is 0. The van der Waals surface area contributed by atoms with E-state index < -0.39 is 0 Å². The summed E-state index contributed by atoms with van der Waals surface area (Å²) in [5, 5.41) is 7.80. The molecule has 1 aliphatic carbocycles. The van der Waals surface area contributed by atoms with E-state index in [0.29, 0.717) is 28.0 Å². The molecule has 0 radical (unpaired) electrons. The SMILES string of the molecule is CC[C@@H](C)Nc1nc(Nc2ccc(Cl)cc2Cl)cc(C2CC2)n1. The molecule has 2 aromatic rings. The van der Waals surface area contributed by atoms with Crippen LogP contribution in [0, 0.1) is 0 Å². The summed E-state index contributed by atoms with van der Waals surface area (Å²) in [5.74, 6) is 1.96. The predicted octanol–water partition coefficient (Wildman–Crippen LogP) is 5.61. The Hall–Kier alpha value is -1.52. The molecule has 0 unspecified atom stereocenters. The van der Waals surface area contributed by atoms with Crippen LogP contribution in [0.2, 0.25) is 10.0 Å². The fourth-order valence-corrected chi connectivity index (χ4v) is 2.69. The van der Waals surface area contributed by atoms with Gasteiger partial charge in [0.05, 0.1) is 16.4 Å². The molecule has 4 nitrogen and oxygen atoms in total. The normalized spacial score (nSPS) is 15.3. The molecule has 6 heteroatoms. The molecule has 0 bridgehead atoms. The van der Waals surface area contributed by atoms with Crippen LogP contribution in [0.4, 0.5) is 17.5 Å². The number of nitrogens with zero attached hydrogens (tertiary/aromatic N) is 2. The summed E-state index contributed by atoms with van der Waals surface area (Å²) >= 11 is 12.2. The van der Waals surface area contributed by atoms with Gasteiger partial charge in [0.25, 0.3) is 0 Å². The standard InChI is InChI=1S/C17H20Cl2N4/c1-3-10(2)20-17-22-15(11-4-5-11)9-16(23-17)21-14-7-6-12(18)8-13(14)19/h6-11H,3-5H2,1-2H3,(H2,20,21,22,23)/t10-/m1/s1. The van der Waals surface area contributed by atoms with Crippen LogP contribution in [-0.4, -0.2) is 16.0 Å². The zero-order chi connectivity index (χ0) is 16.4. The van der Waals surface area contributed by atoms with Gasteiger partial charge in [-0.15, -0.1) is 0 Å². The third kappa shape index (κ3) is 4.27. The number of benzene rings is 1. The van der Waals surface area contributed by atoms with Gasteiger partial charge in [-0.05, 0) is 44.4 Å². The fourth-order valence-electron chi connectivity index (χ4n) is 2.23. The van der Waals surface area contributed by atoms with Gasteiger partial charge in [-0.25, -0.2) is 4.98 Å². The average molecular weight is 351 g/mol. The number of halogens is 2. The highest BCUT2D eigenvalue weighted by atomic mass is 35.5. The molecule has 23 heavy (non-hydrogen) atoms. The monoisotopic (exact) mass is 350 g/mol. The van der Waals surface area contributed by atoms with Gasteiger partial charge in [0.2, 0.25) is 5.95 Å². The molecule has 1 saturated carbocycles. The van der Waals surface area contributed by atoms with Crippen LogP contribution in [0.3, 0.4) is 0 Å². The van der Waals surface area contributed by atoms with Gasteiger partial charge in [-0.3, -0.25) is 0 Å². The van der Waals surface area contributed by atoms with E-state index in [2.05, 4.69) is 34.4 Å². The van der Waals surface area contributed by atoms with Crippen molar-refractivity contribution in [3.8, 4) is 0 Å². The number of anilines is 3. The number of aromatic nitrogens is 2. The van der Waals surface area contributed by atoms with Gasteiger partial charge in [-0.2, -0.15) is 4.98 Å². The van der Waals surface area contributed by atoms with Crippen molar-refractivity contribution < 1.29 is 0 Å². The first-order chi connectivity index (χ1) is 11.0. The Morgan fingerprint density at radius 3 is 2.65 bits per heavy atom. The lowest BCUT2D eigenvalue weighted by atomic mass is 10.2. The average Bonchev–Trinajstić information content (AvgIpc) is 3.34. The molecule has 1 fully saturated rings. The van der Waals surface area contributed by atoms with Crippen LogP contribution in [0.1, 0.15) is 44.7 Å². The largest absolute Gasteiger partial charge is 0.352 e. The molecule has 3 rings (SSSR count). The van der Waals surface area contributed by atoms with E-state index in [1.807, 2.05) is 12.1 Å². The van der Waals surface area contributed by atoms with E-state index in [9.17, 15) is 0 Å². The second-order valence-corrected chi connectivity index (χ2v) is 6.82. The number of hydrogen-bond donors (Lipinski definition) is 2. The van der Waals surface area contributed by atoms with E-state index in [4.69, 9.17) is 23.2 Å². The minimum absolute atomic E-state index is 0.330. The second kappa shape index (κ2) is 6.93. The van der Waals surface area contributed by atoms with Crippen molar-refractivity contribution in [2.75, 3.05) is 10.6 Å². The van der Waals surface area contributed by atoms with Crippen molar-refractivity contribution in [3.05, 3.63) is 40.0 Å². The van der Waals surface area contributed by atoms with Crippen LogP contribution < -0.4 is 10.6 Å². The van der Waals surface area contributed by atoms with Gasteiger partial charge in [0, 0.05) is 23.0 Å². The summed E-state index contributed by atoms with van der Waals surface area (Å²) in [4.78, 5) is 9.21. The maximum Gasteiger partial charge on any atom is 0.225 e. The summed E-state index contributed by atoms with van der Waals surface area (Å²) in [5.41, 5.74) is 1.87. The Morgan fingerprint density at radius 2 is 2.00 bits per heavy atom. The summed E-state index contributed by atoms with van der Waals surface area (Å²) in [6.07, 6.45) is 3.41. The maximum absolute atomic E-state index is 6.23. The first-order valence-corrected chi connectivity index (χ1v) is 8.68. The van der Waals surface area contributed by atoms with Crippen LogP contribution in [0.25, 0.3) is 0 Å². The van der Waals surface area contributed by atoms with Crippen molar-refractivity contribution in [2.24, 2.45) is 0 Å². The third-order valence-electron chi connectivity index (χ3n) is 3.92. The molecular formula is C17H20Cl2N4. The van der Waals surface area contributed by atoms with Crippen LogP contribution >= 0.6 is 23.2 Å². The molecule has 0 spiro atoms. The zero-order valence-electron chi connectivity index (χ0n) is 13.2. The quantitative estimate of drug-likeness (QED) is 0.710. The zero-order valence-corrected chi connectivity index (χ0v) is 14.7. The minimum atomic E-state index is 0.330. The Balaban J connectivity index is 1.87. The fraction of sp³-hybridized carbons (Fsp3) is 0.412. The Labute approximate surface area is 146 Å². The molecule has 0 aliphatic heterocycles. The molecule has 0 amide bonds. The van der Waals surface area contributed by atoms with Crippen LogP contribution in [-0.2, 0) is 0 Å². The van der Waals surface area contributed by atoms with Crippen molar-refractivity contribution in [2.45, 2.75) is 45.1 Å². The van der Waals surface area contributed by atoms with E-state index in [0.717, 1.165) is 23.6 Å². The van der Waals surface area contributed by atoms with Gasteiger partial charge in [0.1, 0.15) is 5.82 Å². The highest BCUT2D eigenvalue weighted by Crippen LogP contribution is 2.40. The van der Waals surface area contributed by atoms with Crippen LogP contribution in [0.5, 0.6) is 0 Å². The van der Waals surface area contributed by atoms with Crippen molar-refractivity contribution in [1.29, 1.82) is 0 Å². The molecule has 1 aromatic heterocycles. The third-order valence-corrected chi connectivity index (χ3v) is 4.47. The van der Waals surface area contributed by atoms with Crippen molar-refractivity contribution in [1.82, 2.24) is 9.97 Å². The lowest BCUT2D eigenvalue weighted by Gasteiger charge is -2.15. The molecule has 1 aromatic carbocycles. The van der Waals surface area contributed by atoms with Gasteiger partial charge in [-0.1, -0.05) is 30.1 Å².